The van der Waals surface area contributed by atoms with Gasteiger partial charge in [0.15, 0.2) is 14.1 Å². The first-order valence-corrected chi connectivity index (χ1v) is 10.8. The summed E-state index contributed by atoms with van der Waals surface area (Å²) in [6, 6.07) is 0. The number of aromatic nitrogens is 2. The average molecular weight is 340 g/mol. The highest BCUT2D eigenvalue weighted by molar-refractivity contribution is 6.74. The normalized spacial score (nSPS) is 13.7. The Kier molecular flexibility index (Phi) is 6.85. The van der Waals surface area contributed by atoms with Gasteiger partial charge in [0.25, 0.3) is 5.91 Å². The Bertz CT molecular complexity index is 512. The molecule has 0 saturated carbocycles. The van der Waals surface area contributed by atoms with Crippen LogP contribution in [0.2, 0.25) is 18.1 Å². The summed E-state index contributed by atoms with van der Waals surface area (Å²) in [6.45, 7) is 15.2. The van der Waals surface area contributed by atoms with Gasteiger partial charge in [-0.1, -0.05) is 20.8 Å². The minimum Gasteiger partial charge on any atom is -0.403 e. The number of amides is 1. The molecule has 7 heteroatoms. The Morgan fingerprint density at radius 1 is 1.30 bits per heavy atom. The van der Waals surface area contributed by atoms with Crippen LogP contribution < -0.4 is 5.32 Å². The second-order valence-electron chi connectivity index (χ2n) is 7.06. The SMILES string of the molecule is CCOCC(O[Si](C)(C)C(C)(C)C)C(=O)Nc1cnc(C)cn1. The summed E-state index contributed by atoms with van der Waals surface area (Å²) in [4.78, 5) is 20.8. The molecule has 1 unspecified atom stereocenters. The van der Waals surface area contributed by atoms with Crippen molar-refractivity contribution < 1.29 is 14.0 Å². The van der Waals surface area contributed by atoms with Crippen LogP contribution in [0, 0.1) is 6.92 Å². The molecule has 0 spiro atoms. The molecule has 0 aromatic carbocycles. The number of carbonyl (C=O) groups is 1. The second kappa shape index (κ2) is 7.99. The number of nitrogens with one attached hydrogen (secondary N) is 1. The molecule has 1 atom stereocenters. The van der Waals surface area contributed by atoms with E-state index >= 15 is 0 Å². The number of aryl methyl sites for hydroxylation is 1. The molecule has 0 saturated heterocycles. The zero-order valence-corrected chi connectivity index (χ0v) is 16.3. The molecule has 0 fully saturated rings. The van der Waals surface area contributed by atoms with Crippen LogP contribution in [-0.2, 0) is 14.0 Å². The van der Waals surface area contributed by atoms with Crippen molar-refractivity contribution in [3.63, 3.8) is 0 Å². The van der Waals surface area contributed by atoms with Crippen molar-refractivity contribution in [1.82, 2.24) is 9.97 Å². The summed E-state index contributed by atoms with van der Waals surface area (Å²) in [5.41, 5.74) is 0.798. The van der Waals surface area contributed by atoms with Crippen molar-refractivity contribution in [1.29, 1.82) is 0 Å². The van der Waals surface area contributed by atoms with E-state index in [1.165, 1.54) is 6.20 Å². The van der Waals surface area contributed by atoms with Gasteiger partial charge in [0.1, 0.15) is 6.10 Å². The molecule has 0 aliphatic carbocycles. The minimum absolute atomic E-state index is 0.0153. The molecule has 0 aliphatic rings. The van der Waals surface area contributed by atoms with Crippen LogP contribution in [0.3, 0.4) is 0 Å². The molecule has 23 heavy (non-hydrogen) atoms. The van der Waals surface area contributed by atoms with Gasteiger partial charge in [0.05, 0.1) is 24.7 Å². The van der Waals surface area contributed by atoms with E-state index in [0.717, 1.165) is 5.69 Å². The fourth-order valence-electron chi connectivity index (χ4n) is 1.58. The molecular weight excluding hydrogens is 310 g/mol. The monoisotopic (exact) mass is 339 g/mol. The predicted octanol–water partition coefficient (Wildman–Crippen LogP) is 3.15. The number of hydrogen-bond acceptors (Lipinski definition) is 5. The number of hydrogen-bond donors (Lipinski definition) is 1. The van der Waals surface area contributed by atoms with E-state index in [1.807, 2.05) is 13.8 Å². The van der Waals surface area contributed by atoms with Gasteiger partial charge in [-0.2, -0.15) is 0 Å². The smallest absolute Gasteiger partial charge is 0.255 e. The highest BCUT2D eigenvalue weighted by atomic mass is 28.4. The first-order valence-electron chi connectivity index (χ1n) is 7.92. The van der Waals surface area contributed by atoms with Crippen molar-refractivity contribution in [2.24, 2.45) is 0 Å². The van der Waals surface area contributed by atoms with Crippen molar-refractivity contribution >= 4 is 20.0 Å². The molecule has 1 aromatic rings. The summed E-state index contributed by atoms with van der Waals surface area (Å²) in [5, 5.41) is 2.77. The second-order valence-corrected chi connectivity index (χ2v) is 11.8. The molecule has 0 aliphatic heterocycles. The quantitative estimate of drug-likeness (QED) is 0.773. The van der Waals surface area contributed by atoms with Crippen LogP contribution in [0.1, 0.15) is 33.4 Å². The lowest BCUT2D eigenvalue weighted by atomic mass is 10.2. The van der Waals surface area contributed by atoms with Gasteiger partial charge in [-0.05, 0) is 32.0 Å². The Labute approximate surface area is 140 Å². The van der Waals surface area contributed by atoms with Crippen LogP contribution >= 0.6 is 0 Å². The maximum Gasteiger partial charge on any atom is 0.255 e. The third-order valence-electron chi connectivity index (χ3n) is 4.04. The molecule has 6 nitrogen and oxygen atoms in total. The highest BCUT2D eigenvalue weighted by Crippen LogP contribution is 2.37. The van der Waals surface area contributed by atoms with E-state index in [2.05, 4.69) is 49.1 Å². The maximum absolute atomic E-state index is 12.5. The Balaban J connectivity index is 2.83. The van der Waals surface area contributed by atoms with Gasteiger partial charge in [-0.3, -0.25) is 9.78 Å². The van der Waals surface area contributed by atoms with E-state index in [9.17, 15) is 4.79 Å². The molecule has 1 N–H and O–H groups in total. The summed E-state index contributed by atoms with van der Waals surface area (Å²) in [6.07, 6.45) is 2.50. The lowest BCUT2D eigenvalue weighted by Crippen LogP contribution is -2.48. The molecular formula is C16H29N3O3Si. The third kappa shape index (κ3) is 6.00. The van der Waals surface area contributed by atoms with Gasteiger partial charge < -0.3 is 14.5 Å². The largest absolute Gasteiger partial charge is 0.403 e. The highest BCUT2D eigenvalue weighted by Gasteiger charge is 2.40. The molecule has 0 radical (unpaired) electrons. The number of rotatable bonds is 7. The van der Waals surface area contributed by atoms with Crippen LogP contribution in [-0.4, -0.2) is 43.5 Å². The Morgan fingerprint density at radius 3 is 2.43 bits per heavy atom. The van der Waals surface area contributed by atoms with Crippen LogP contribution in [0.15, 0.2) is 12.4 Å². The van der Waals surface area contributed by atoms with E-state index in [0.29, 0.717) is 12.4 Å². The number of nitrogens with zero attached hydrogens (tertiary/aromatic N) is 2. The van der Waals surface area contributed by atoms with Gasteiger partial charge in [0.2, 0.25) is 0 Å². The van der Waals surface area contributed by atoms with E-state index in [-0.39, 0.29) is 17.6 Å². The van der Waals surface area contributed by atoms with E-state index in [4.69, 9.17) is 9.16 Å². The molecule has 1 amide bonds. The van der Waals surface area contributed by atoms with Gasteiger partial charge in [-0.15, -0.1) is 0 Å². The first-order chi connectivity index (χ1) is 10.6. The number of carbonyl (C=O) groups excluding carboxylic acids is 1. The zero-order chi connectivity index (χ0) is 17.7. The third-order valence-corrected chi connectivity index (χ3v) is 8.53. The van der Waals surface area contributed by atoms with E-state index < -0.39 is 14.4 Å². The summed E-state index contributed by atoms with van der Waals surface area (Å²) in [5.74, 6) is 0.169. The van der Waals surface area contributed by atoms with Gasteiger partial charge in [-0.25, -0.2) is 4.98 Å². The number of anilines is 1. The fourth-order valence-corrected chi connectivity index (χ4v) is 2.82. The average Bonchev–Trinajstić information content (AvgIpc) is 2.44. The van der Waals surface area contributed by atoms with Gasteiger partial charge in [0, 0.05) is 6.61 Å². The number of ether oxygens (including phenoxy) is 1. The van der Waals surface area contributed by atoms with Crippen LogP contribution in [0.25, 0.3) is 0 Å². The molecule has 1 rings (SSSR count). The molecule has 1 aromatic heterocycles. The van der Waals surface area contributed by atoms with Crippen molar-refractivity contribution in [2.45, 2.75) is 58.9 Å². The topological polar surface area (TPSA) is 73.3 Å². The maximum atomic E-state index is 12.5. The lowest BCUT2D eigenvalue weighted by Gasteiger charge is -2.38. The van der Waals surface area contributed by atoms with E-state index in [1.54, 1.807) is 6.20 Å². The molecule has 130 valence electrons. The Morgan fingerprint density at radius 2 is 1.96 bits per heavy atom. The fraction of sp³-hybridized carbons (Fsp3) is 0.688. The standard InChI is InChI=1S/C16H29N3O3Si/c1-8-21-11-13(22-23(6,7)16(3,4)5)15(20)19-14-10-17-12(2)9-18-14/h9-10,13H,8,11H2,1-7H3,(H,18,19,20). The molecule has 0 bridgehead atoms. The summed E-state index contributed by atoms with van der Waals surface area (Å²) < 4.78 is 11.6. The first kappa shape index (κ1) is 19.7. The zero-order valence-electron chi connectivity index (χ0n) is 15.3. The van der Waals surface area contributed by atoms with Crippen molar-refractivity contribution in [3.8, 4) is 0 Å². The lowest BCUT2D eigenvalue weighted by molar-refractivity contribution is -0.126. The van der Waals surface area contributed by atoms with Crippen LogP contribution in [0.5, 0.6) is 0 Å². The van der Waals surface area contributed by atoms with Crippen LogP contribution in [0.4, 0.5) is 5.82 Å². The Hall–Kier alpha value is -1.31. The summed E-state index contributed by atoms with van der Waals surface area (Å²) in [7, 11) is -2.08. The van der Waals surface area contributed by atoms with Crippen molar-refractivity contribution in [3.05, 3.63) is 18.1 Å². The summed E-state index contributed by atoms with van der Waals surface area (Å²) >= 11 is 0. The predicted molar refractivity (Wildman–Crippen MR) is 94.0 cm³/mol. The minimum atomic E-state index is -2.08. The molecule has 1 heterocycles. The van der Waals surface area contributed by atoms with Gasteiger partial charge >= 0.3 is 0 Å². The van der Waals surface area contributed by atoms with Crippen molar-refractivity contribution in [2.75, 3.05) is 18.5 Å².